The first-order valence-corrected chi connectivity index (χ1v) is 13.7. The third-order valence-corrected chi connectivity index (χ3v) is 7.22. The van der Waals surface area contributed by atoms with Crippen molar-refractivity contribution in [3.05, 3.63) is 71.8 Å². The van der Waals surface area contributed by atoms with Crippen LogP contribution in [0, 0.1) is 5.41 Å². The molecule has 1 aliphatic heterocycles. The summed E-state index contributed by atoms with van der Waals surface area (Å²) in [5.41, 5.74) is 9.81. The second kappa shape index (κ2) is 13.3. The zero-order valence-electron chi connectivity index (χ0n) is 23.0. The average molecular weight is 544 g/mol. The number of benzene rings is 1. The van der Waals surface area contributed by atoms with Gasteiger partial charge in [0.1, 0.15) is 11.4 Å². The highest BCUT2D eigenvalue weighted by Crippen LogP contribution is 2.25. The molecule has 1 fully saturated rings. The zero-order chi connectivity index (χ0) is 28.6. The molecular formula is C30H37N7O3. The number of amides is 2. The summed E-state index contributed by atoms with van der Waals surface area (Å²) in [5.74, 6) is -0.906. The molecule has 0 bridgehead atoms. The van der Waals surface area contributed by atoms with Gasteiger partial charge in [-0.1, -0.05) is 19.9 Å². The van der Waals surface area contributed by atoms with Crippen molar-refractivity contribution < 1.29 is 14.7 Å². The van der Waals surface area contributed by atoms with E-state index in [4.69, 9.17) is 11.1 Å². The molecule has 210 valence electrons. The van der Waals surface area contributed by atoms with Crippen LogP contribution in [0.25, 0.3) is 11.1 Å². The summed E-state index contributed by atoms with van der Waals surface area (Å²) in [5, 5.41) is 23.9. The van der Waals surface area contributed by atoms with E-state index in [0.717, 1.165) is 62.0 Å². The Bertz CT molecular complexity index is 1350. The van der Waals surface area contributed by atoms with Crippen molar-refractivity contribution in [3.8, 4) is 11.1 Å². The number of anilines is 2. The van der Waals surface area contributed by atoms with Crippen LogP contribution in [0.5, 0.6) is 0 Å². The van der Waals surface area contributed by atoms with Crippen LogP contribution in [-0.4, -0.2) is 62.7 Å². The highest BCUT2D eigenvalue weighted by atomic mass is 16.3. The molecule has 0 atom stereocenters. The smallest absolute Gasteiger partial charge is 0.274 e. The standard InChI is InChI=1S/C30H37N7O3/c1-3-22(4-2)35-29(39)27-8-6-23(17-34-27)36-30(40)28(32)25-14-20(5-7-26(25)31)21-13-19(15-33-16-21)18-37-11-9-24(38)10-12-37/h5-8,13-17,22,24,32,38H,3-4,9-12,18,31H2,1-2H3,(H,35,39)(H,36,40). The van der Waals surface area contributed by atoms with E-state index in [2.05, 4.69) is 25.5 Å². The first-order valence-electron chi connectivity index (χ1n) is 13.7. The fourth-order valence-corrected chi connectivity index (χ4v) is 4.69. The number of aliphatic hydroxyl groups excluding tert-OH is 1. The van der Waals surface area contributed by atoms with E-state index in [9.17, 15) is 14.7 Å². The Morgan fingerprint density at radius 3 is 2.50 bits per heavy atom. The number of nitrogens with two attached hydrogens (primary N) is 1. The lowest BCUT2D eigenvalue weighted by atomic mass is 9.99. The van der Waals surface area contributed by atoms with Crippen molar-refractivity contribution in [3.63, 3.8) is 0 Å². The number of hydrogen-bond donors (Lipinski definition) is 5. The fourth-order valence-electron chi connectivity index (χ4n) is 4.69. The van der Waals surface area contributed by atoms with Crippen LogP contribution in [-0.2, 0) is 11.3 Å². The molecule has 40 heavy (non-hydrogen) atoms. The number of nitrogen functional groups attached to an aromatic ring is 1. The number of carbonyl (C=O) groups is 2. The summed E-state index contributed by atoms with van der Waals surface area (Å²) in [6.45, 7) is 6.44. The lowest BCUT2D eigenvalue weighted by molar-refractivity contribution is -0.110. The first-order chi connectivity index (χ1) is 19.3. The predicted octanol–water partition coefficient (Wildman–Crippen LogP) is 3.61. The summed E-state index contributed by atoms with van der Waals surface area (Å²) >= 11 is 0. The van der Waals surface area contributed by atoms with Gasteiger partial charge in [-0.15, -0.1) is 0 Å². The second-order valence-corrected chi connectivity index (χ2v) is 10.1. The lowest BCUT2D eigenvalue weighted by Gasteiger charge is -2.29. The highest BCUT2D eigenvalue weighted by molar-refractivity contribution is 6.48. The van der Waals surface area contributed by atoms with Crippen molar-refractivity contribution in [1.29, 1.82) is 5.41 Å². The molecule has 2 amide bonds. The van der Waals surface area contributed by atoms with Gasteiger partial charge in [0.2, 0.25) is 0 Å². The first kappa shape index (κ1) is 28.8. The maximum Gasteiger partial charge on any atom is 0.274 e. The highest BCUT2D eigenvalue weighted by Gasteiger charge is 2.19. The van der Waals surface area contributed by atoms with Gasteiger partial charge in [0.15, 0.2) is 0 Å². The Labute approximate surface area is 234 Å². The number of nitrogens with zero attached hydrogens (tertiary/aromatic N) is 3. The summed E-state index contributed by atoms with van der Waals surface area (Å²) in [6.07, 6.45) is 7.95. The van der Waals surface area contributed by atoms with Crippen LogP contribution in [0.15, 0.2) is 55.0 Å². The van der Waals surface area contributed by atoms with Crippen LogP contribution >= 0.6 is 0 Å². The minimum atomic E-state index is -0.640. The summed E-state index contributed by atoms with van der Waals surface area (Å²) in [4.78, 5) is 36.2. The second-order valence-electron chi connectivity index (χ2n) is 10.1. The third-order valence-electron chi connectivity index (χ3n) is 7.22. The molecule has 0 spiro atoms. The van der Waals surface area contributed by atoms with Crippen molar-refractivity contribution >= 4 is 28.9 Å². The van der Waals surface area contributed by atoms with Gasteiger partial charge in [-0.05, 0) is 67.1 Å². The summed E-state index contributed by atoms with van der Waals surface area (Å²) < 4.78 is 0. The van der Waals surface area contributed by atoms with E-state index in [0.29, 0.717) is 16.9 Å². The van der Waals surface area contributed by atoms with E-state index in [1.165, 1.54) is 12.3 Å². The van der Waals surface area contributed by atoms with E-state index >= 15 is 0 Å². The van der Waals surface area contributed by atoms with Crippen molar-refractivity contribution in [2.75, 3.05) is 24.1 Å². The van der Waals surface area contributed by atoms with Crippen molar-refractivity contribution in [2.45, 2.75) is 58.2 Å². The molecule has 2 aromatic heterocycles. The average Bonchev–Trinajstić information content (AvgIpc) is 2.97. The summed E-state index contributed by atoms with van der Waals surface area (Å²) in [6, 6.07) is 10.5. The Morgan fingerprint density at radius 2 is 1.82 bits per heavy atom. The SMILES string of the molecule is CCC(CC)NC(=O)c1ccc(NC(=O)C(=N)c2cc(-c3cncc(CN4CCC(O)CC4)c3)ccc2N)cn1. The van der Waals surface area contributed by atoms with Crippen LogP contribution < -0.4 is 16.4 Å². The molecule has 4 rings (SSSR count). The number of aliphatic hydroxyl groups is 1. The minimum Gasteiger partial charge on any atom is -0.398 e. The molecule has 3 aromatic rings. The topological polar surface area (TPSA) is 157 Å². The van der Waals surface area contributed by atoms with E-state index < -0.39 is 5.91 Å². The number of rotatable bonds is 10. The monoisotopic (exact) mass is 543 g/mol. The van der Waals surface area contributed by atoms with E-state index in [1.807, 2.05) is 32.2 Å². The predicted molar refractivity (Wildman–Crippen MR) is 156 cm³/mol. The zero-order valence-corrected chi connectivity index (χ0v) is 23.0. The molecule has 1 aromatic carbocycles. The Balaban J connectivity index is 1.43. The number of hydrogen-bond acceptors (Lipinski definition) is 8. The number of aromatic nitrogens is 2. The number of pyridine rings is 2. The number of likely N-dealkylation sites (tertiary alicyclic amines) is 1. The van der Waals surface area contributed by atoms with E-state index in [1.54, 1.807) is 24.4 Å². The number of nitrogens with one attached hydrogen (secondary N) is 3. The van der Waals surface area contributed by atoms with Gasteiger partial charge >= 0.3 is 0 Å². The normalized spacial score (nSPS) is 14.2. The molecule has 1 saturated heterocycles. The molecule has 10 nitrogen and oxygen atoms in total. The Morgan fingerprint density at radius 1 is 1.07 bits per heavy atom. The van der Waals surface area contributed by atoms with Crippen LogP contribution in [0.1, 0.15) is 61.1 Å². The Hall–Kier alpha value is -4.15. The molecule has 3 heterocycles. The lowest BCUT2D eigenvalue weighted by Crippen LogP contribution is -2.35. The van der Waals surface area contributed by atoms with Gasteiger partial charge in [0.05, 0.1) is 18.0 Å². The molecule has 0 saturated carbocycles. The summed E-state index contributed by atoms with van der Waals surface area (Å²) in [7, 11) is 0. The molecule has 6 N–H and O–H groups in total. The van der Waals surface area contributed by atoms with E-state index in [-0.39, 0.29) is 29.5 Å². The fraction of sp³-hybridized carbons (Fsp3) is 0.367. The van der Waals surface area contributed by atoms with Gasteiger partial charge in [-0.3, -0.25) is 24.9 Å². The maximum absolute atomic E-state index is 12.9. The largest absolute Gasteiger partial charge is 0.398 e. The van der Waals surface area contributed by atoms with Crippen LogP contribution in [0.3, 0.4) is 0 Å². The molecule has 0 unspecified atom stereocenters. The number of carbonyl (C=O) groups excluding carboxylic acids is 2. The van der Waals surface area contributed by atoms with Gasteiger partial charge in [-0.25, -0.2) is 4.98 Å². The maximum atomic E-state index is 12.9. The molecule has 10 heteroatoms. The molecule has 0 radical (unpaired) electrons. The quantitative estimate of drug-likeness (QED) is 0.193. The number of piperidine rings is 1. The molecule has 1 aliphatic rings. The Kier molecular flexibility index (Phi) is 9.57. The van der Waals surface area contributed by atoms with Gasteiger partial charge in [-0.2, -0.15) is 0 Å². The molecular weight excluding hydrogens is 506 g/mol. The van der Waals surface area contributed by atoms with Crippen molar-refractivity contribution in [2.24, 2.45) is 0 Å². The molecule has 0 aliphatic carbocycles. The van der Waals surface area contributed by atoms with Gasteiger partial charge in [0, 0.05) is 54.9 Å². The third kappa shape index (κ3) is 7.28. The van der Waals surface area contributed by atoms with Crippen LogP contribution in [0.2, 0.25) is 0 Å². The van der Waals surface area contributed by atoms with Gasteiger partial charge < -0.3 is 21.5 Å². The van der Waals surface area contributed by atoms with Crippen molar-refractivity contribution in [1.82, 2.24) is 20.2 Å². The minimum absolute atomic E-state index is 0.0818. The van der Waals surface area contributed by atoms with Gasteiger partial charge in [0.25, 0.3) is 11.8 Å². The van der Waals surface area contributed by atoms with Crippen LogP contribution in [0.4, 0.5) is 11.4 Å².